The van der Waals surface area contributed by atoms with Crippen LogP contribution < -0.4 is 15.6 Å². The van der Waals surface area contributed by atoms with Crippen LogP contribution in [0.25, 0.3) is 16.7 Å². The Balaban J connectivity index is 1.39. The van der Waals surface area contributed by atoms with Gasteiger partial charge in [0.25, 0.3) is 5.56 Å². The highest BCUT2D eigenvalue weighted by atomic mass is 35.5. The predicted molar refractivity (Wildman–Crippen MR) is 128 cm³/mol. The van der Waals surface area contributed by atoms with Gasteiger partial charge in [0.05, 0.1) is 21.6 Å². The second kappa shape index (κ2) is 8.96. The van der Waals surface area contributed by atoms with Gasteiger partial charge in [0.2, 0.25) is 0 Å². The van der Waals surface area contributed by atoms with Crippen LogP contribution in [0.5, 0.6) is 5.75 Å². The molecule has 2 N–H and O–H groups in total. The minimum atomic E-state index is -0.225. The number of ether oxygens (including phenoxy) is 1. The smallest absolute Gasteiger partial charge is 0.258 e. The number of hydrogen-bond donors (Lipinski definition) is 2. The lowest BCUT2D eigenvalue weighted by Gasteiger charge is -2.24. The molecule has 1 fully saturated rings. The molecule has 3 aromatic heterocycles. The van der Waals surface area contributed by atoms with Crippen molar-refractivity contribution in [2.75, 3.05) is 13.1 Å². The Labute approximate surface area is 196 Å². The molecule has 5 rings (SSSR count). The topological polar surface area (TPSA) is 97.7 Å². The fourth-order valence-electron chi connectivity index (χ4n) is 3.97. The van der Waals surface area contributed by atoms with Gasteiger partial charge in [-0.05, 0) is 63.0 Å². The summed E-state index contributed by atoms with van der Waals surface area (Å²) in [6, 6.07) is 7.27. The minimum Gasteiger partial charge on any atom is -0.489 e. The van der Waals surface area contributed by atoms with E-state index in [1.807, 2.05) is 32.2 Å². The van der Waals surface area contributed by atoms with Crippen LogP contribution in [0.2, 0.25) is 5.02 Å². The highest BCUT2D eigenvalue weighted by Crippen LogP contribution is 2.30. The van der Waals surface area contributed by atoms with Gasteiger partial charge in [-0.25, -0.2) is 14.6 Å². The van der Waals surface area contributed by atoms with Crippen molar-refractivity contribution >= 4 is 22.5 Å². The van der Waals surface area contributed by atoms with E-state index in [-0.39, 0.29) is 11.7 Å². The number of hydrogen-bond acceptors (Lipinski definition) is 6. The second-order valence-electron chi connectivity index (χ2n) is 8.42. The predicted octanol–water partition coefficient (Wildman–Crippen LogP) is 3.50. The number of nitrogens with zero attached hydrogens (tertiary/aromatic N) is 4. The standard InChI is InChI=1S/C24H25ClN6O2/c1-14-13-31(30-15(14)2)23-4-3-16(12-27-23)9-22-28-20-11-21(33-17-5-7-26-8-6-17)19(25)10-18(20)24(32)29-22/h3-4,10-13,17,26H,5-9H2,1-2H3,(H,28,29,32). The summed E-state index contributed by atoms with van der Waals surface area (Å²) < 4.78 is 7.88. The lowest BCUT2D eigenvalue weighted by Crippen LogP contribution is -2.34. The molecule has 0 saturated carbocycles. The van der Waals surface area contributed by atoms with Crippen molar-refractivity contribution in [3.63, 3.8) is 0 Å². The summed E-state index contributed by atoms with van der Waals surface area (Å²) in [5, 5.41) is 8.65. The van der Waals surface area contributed by atoms with Crippen LogP contribution in [0.3, 0.4) is 0 Å². The molecule has 33 heavy (non-hydrogen) atoms. The van der Waals surface area contributed by atoms with Gasteiger partial charge in [0.1, 0.15) is 17.7 Å². The number of nitrogens with one attached hydrogen (secondary N) is 2. The number of aromatic nitrogens is 5. The molecule has 0 radical (unpaired) electrons. The van der Waals surface area contributed by atoms with E-state index >= 15 is 0 Å². The maximum atomic E-state index is 12.7. The lowest BCUT2D eigenvalue weighted by molar-refractivity contribution is 0.163. The molecule has 1 aliphatic heterocycles. The highest BCUT2D eigenvalue weighted by Gasteiger charge is 2.17. The zero-order valence-electron chi connectivity index (χ0n) is 18.6. The third-order valence-electron chi connectivity index (χ3n) is 5.95. The second-order valence-corrected chi connectivity index (χ2v) is 8.83. The summed E-state index contributed by atoms with van der Waals surface area (Å²) >= 11 is 6.40. The first kappa shape index (κ1) is 21.6. The summed E-state index contributed by atoms with van der Waals surface area (Å²) in [6.45, 7) is 5.83. The van der Waals surface area contributed by atoms with Gasteiger partial charge < -0.3 is 15.0 Å². The first-order valence-corrected chi connectivity index (χ1v) is 11.4. The molecule has 0 spiro atoms. The quantitative estimate of drug-likeness (QED) is 0.469. The molecule has 1 aromatic carbocycles. The molecule has 0 amide bonds. The van der Waals surface area contributed by atoms with Crippen molar-refractivity contribution in [2.24, 2.45) is 0 Å². The van der Waals surface area contributed by atoms with Gasteiger partial charge in [-0.1, -0.05) is 17.7 Å². The zero-order chi connectivity index (χ0) is 22.9. The lowest BCUT2D eigenvalue weighted by atomic mass is 10.1. The van der Waals surface area contributed by atoms with Gasteiger partial charge in [0, 0.05) is 24.9 Å². The number of H-pyrrole nitrogens is 1. The van der Waals surface area contributed by atoms with E-state index in [9.17, 15) is 4.79 Å². The average molecular weight is 465 g/mol. The Morgan fingerprint density at radius 2 is 2.03 bits per heavy atom. The highest BCUT2D eigenvalue weighted by molar-refractivity contribution is 6.32. The van der Waals surface area contributed by atoms with Gasteiger partial charge in [-0.2, -0.15) is 5.10 Å². The number of aromatic amines is 1. The molecule has 170 valence electrons. The molecule has 0 atom stereocenters. The van der Waals surface area contributed by atoms with Crippen molar-refractivity contribution in [1.82, 2.24) is 30.0 Å². The van der Waals surface area contributed by atoms with Gasteiger partial charge in [-0.3, -0.25) is 4.79 Å². The maximum absolute atomic E-state index is 12.7. The Bertz CT molecular complexity index is 1340. The van der Waals surface area contributed by atoms with Crippen LogP contribution in [0.1, 0.15) is 35.5 Å². The van der Waals surface area contributed by atoms with E-state index in [2.05, 4.69) is 25.4 Å². The SMILES string of the molecule is Cc1cn(-c2ccc(Cc3nc4cc(OC5CCNCC5)c(Cl)cc4c(=O)[nH]3)cn2)nc1C. The van der Waals surface area contributed by atoms with E-state index in [1.165, 1.54) is 0 Å². The van der Waals surface area contributed by atoms with Gasteiger partial charge in [0.15, 0.2) is 5.82 Å². The number of pyridine rings is 1. The van der Waals surface area contributed by atoms with E-state index in [0.717, 1.165) is 48.6 Å². The number of halogens is 1. The van der Waals surface area contributed by atoms with Gasteiger partial charge in [-0.15, -0.1) is 0 Å². The average Bonchev–Trinajstić information content (AvgIpc) is 3.14. The molecule has 8 nitrogen and oxygen atoms in total. The van der Waals surface area contributed by atoms with E-state index in [1.54, 1.807) is 23.0 Å². The third-order valence-corrected chi connectivity index (χ3v) is 6.24. The molecule has 0 bridgehead atoms. The van der Waals surface area contributed by atoms with Crippen molar-refractivity contribution in [3.05, 3.63) is 74.7 Å². The molecule has 1 aliphatic rings. The van der Waals surface area contributed by atoms with Crippen LogP contribution >= 0.6 is 11.6 Å². The van der Waals surface area contributed by atoms with Crippen LogP contribution in [-0.4, -0.2) is 43.9 Å². The van der Waals surface area contributed by atoms with E-state index < -0.39 is 0 Å². The Morgan fingerprint density at radius 1 is 1.21 bits per heavy atom. The van der Waals surface area contributed by atoms with Crippen molar-refractivity contribution in [2.45, 2.75) is 39.2 Å². The van der Waals surface area contributed by atoms with Crippen molar-refractivity contribution < 1.29 is 4.74 Å². The first-order chi connectivity index (χ1) is 16.0. The molecular weight excluding hydrogens is 440 g/mol. The van der Waals surface area contributed by atoms with E-state index in [0.29, 0.717) is 33.9 Å². The molecule has 9 heteroatoms. The number of fused-ring (bicyclic) bond motifs is 1. The molecule has 4 heterocycles. The molecule has 1 saturated heterocycles. The van der Waals surface area contributed by atoms with Crippen LogP contribution in [0.15, 0.2) is 41.5 Å². The van der Waals surface area contributed by atoms with Crippen LogP contribution in [0, 0.1) is 13.8 Å². The summed E-state index contributed by atoms with van der Waals surface area (Å²) in [6.07, 6.45) is 6.12. The van der Waals surface area contributed by atoms with E-state index in [4.69, 9.17) is 16.3 Å². The van der Waals surface area contributed by atoms with Crippen molar-refractivity contribution in [3.8, 4) is 11.6 Å². The van der Waals surface area contributed by atoms with Crippen LogP contribution in [-0.2, 0) is 6.42 Å². The normalized spacial score (nSPS) is 14.6. The molecule has 0 aliphatic carbocycles. The fourth-order valence-corrected chi connectivity index (χ4v) is 4.18. The summed E-state index contributed by atoms with van der Waals surface area (Å²) in [4.78, 5) is 24.7. The largest absolute Gasteiger partial charge is 0.489 e. The summed E-state index contributed by atoms with van der Waals surface area (Å²) in [7, 11) is 0. The maximum Gasteiger partial charge on any atom is 0.258 e. The minimum absolute atomic E-state index is 0.106. The number of piperidine rings is 1. The van der Waals surface area contributed by atoms with Gasteiger partial charge >= 0.3 is 0 Å². The number of aryl methyl sites for hydroxylation is 2. The Morgan fingerprint density at radius 3 is 2.73 bits per heavy atom. The Kier molecular flexibility index (Phi) is 5.86. The monoisotopic (exact) mass is 464 g/mol. The third kappa shape index (κ3) is 4.62. The molecular formula is C24H25ClN6O2. The molecule has 4 aromatic rings. The van der Waals surface area contributed by atoms with Crippen molar-refractivity contribution in [1.29, 1.82) is 0 Å². The fraction of sp³-hybridized carbons (Fsp3) is 0.333. The zero-order valence-corrected chi connectivity index (χ0v) is 19.3. The number of rotatable bonds is 5. The molecule has 0 unspecified atom stereocenters. The van der Waals surface area contributed by atoms with Crippen LogP contribution in [0.4, 0.5) is 0 Å². The Hall–Kier alpha value is -3.23. The number of benzene rings is 1. The summed E-state index contributed by atoms with van der Waals surface area (Å²) in [5.41, 5.74) is 3.36. The summed E-state index contributed by atoms with van der Waals surface area (Å²) in [5.74, 6) is 1.86. The first-order valence-electron chi connectivity index (χ1n) is 11.0.